The maximum absolute atomic E-state index is 13.1. The van der Waals surface area contributed by atoms with Crippen LogP contribution in [0.1, 0.15) is 22.7 Å². The van der Waals surface area contributed by atoms with Gasteiger partial charge in [-0.3, -0.25) is 4.79 Å². The molecule has 4 rings (SSSR count). The summed E-state index contributed by atoms with van der Waals surface area (Å²) in [6.45, 7) is 0.696. The lowest BCUT2D eigenvalue weighted by Crippen LogP contribution is -2.19. The van der Waals surface area contributed by atoms with Gasteiger partial charge in [0.15, 0.2) is 0 Å². The van der Waals surface area contributed by atoms with E-state index in [2.05, 4.69) is 29.0 Å². The van der Waals surface area contributed by atoms with E-state index in [1.54, 1.807) is 21.3 Å². The van der Waals surface area contributed by atoms with Crippen molar-refractivity contribution in [3.8, 4) is 28.4 Å². The number of nitrogens with zero attached hydrogens (tertiary/aromatic N) is 1. The molecule has 186 valence electrons. The van der Waals surface area contributed by atoms with Crippen molar-refractivity contribution < 1.29 is 23.7 Å². The minimum atomic E-state index is -0.580. The van der Waals surface area contributed by atoms with E-state index in [1.807, 2.05) is 60.7 Å². The molecule has 0 bridgehead atoms. The molecule has 0 saturated carbocycles. The third kappa shape index (κ3) is 5.54. The third-order valence-corrected chi connectivity index (χ3v) is 6.34. The minimum absolute atomic E-state index is 0.315. The van der Waals surface area contributed by atoms with Crippen molar-refractivity contribution in [1.82, 2.24) is 4.57 Å². The fourth-order valence-electron chi connectivity index (χ4n) is 4.29. The van der Waals surface area contributed by atoms with Gasteiger partial charge in [0.2, 0.25) is 0 Å². The molecule has 36 heavy (non-hydrogen) atoms. The van der Waals surface area contributed by atoms with Crippen LogP contribution in [0.25, 0.3) is 11.1 Å². The van der Waals surface area contributed by atoms with Crippen molar-refractivity contribution in [1.29, 1.82) is 0 Å². The average molecular weight is 486 g/mol. The molecule has 1 aromatic heterocycles. The maximum atomic E-state index is 13.1. The molecule has 0 radical (unpaired) electrons. The Kier molecular flexibility index (Phi) is 7.95. The molecule has 6 heteroatoms. The third-order valence-electron chi connectivity index (χ3n) is 6.34. The standard InChI is InChI=1S/C30H31NO5/c1-33-25-11-5-21(6-12-25)17-18-31-20-24(22-7-13-26(34-2)14-8-22)19-28(31)29(30(32)36-4)23-9-15-27(35-3)16-10-23/h5-16,19-20,29H,17-18H2,1-4H3. The SMILES string of the molecule is COC(=O)C(c1ccc(OC)cc1)c1cc(-c2ccc(OC)cc2)cn1CCc1ccc(OC)cc1. The number of aryl methyl sites for hydroxylation is 2. The van der Waals surface area contributed by atoms with Gasteiger partial charge in [-0.1, -0.05) is 36.4 Å². The number of rotatable bonds is 10. The number of hydrogen-bond acceptors (Lipinski definition) is 5. The second kappa shape index (κ2) is 11.5. The highest BCUT2D eigenvalue weighted by Crippen LogP contribution is 2.33. The van der Waals surface area contributed by atoms with Crippen LogP contribution in [-0.4, -0.2) is 39.0 Å². The molecule has 0 spiro atoms. The van der Waals surface area contributed by atoms with E-state index in [-0.39, 0.29) is 5.97 Å². The minimum Gasteiger partial charge on any atom is -0.497 e. The first-order valence-electron chi connectivity index (χ1n) is 11.8. The second-order valence-electron chi connectivity index (χ2n) is 8.40. The Morgan fingerprint density at radius 2 is 1.25 bits per heavy atom. The number of esters is 1. The molecule has 0 saturated heterocycles. The van der Waals surface area contributed by atoms with Crippen LogP contribution in [0, 0.1) is 0 Å². The molecule has 0 aliphatic carbocycles. The topological polar surface area (TPSA) is 58.9 Å². The highest BCUT2D eigenvalue weighted by atomic mass is 16.5. The predicted octanol–water partition coefficient (Wildman–Crippen LogP) is 5.73. The molecule has 0 aliphatic heterocycles. The molecule has 4 aromatic rings. The zero-order valence-electron chi connectivity index (χ0n) is 21.1. The predicted molar refractivity (Wildman–Crippen MR) is 140 cm³/mol. The number of ether oxygens (including phenoxy) is 4. The smallest absolute Gasteiger partial charge is 0.319 e. The van der Waals surface area contributed by atoms with Crippen LogP contribution >= 0.6 is 0 Å². The van der Waals surface area contributed by atoms with Gasteiger partial charge in [-0.05, 0) is 71.1 Å². The number of methoxy groups -OCH3 is 4. The molecule has 0 fully saturated rings. The Balaban J connectivity index is 1.74. The lowest BCUT2D eigenvalue weighted by Gasteiger charge is -2.18. The Morgan fingerprint density at radius 3 is 1.78 bits per heavy atom. The Hall–Kier alpha value is -4.19. The Bertz CT molecular complexity index is 1270. The quantitative estimate of drug-likeness (QED) is 0.269. The van der Waals surface area contributed by atoms with Gasteiger partial charge in [-0.2, -0.15) is 0 Å². The molecule has 1 heterocycles. The van der Waals surface area contributed by atoms with Crippen LogP contribution in [0.2, 0.25) is 0 Å². The summed E-state index contributed by atoms with van der Waals surface area (Å²) in [6.07, 6.45) is 2.89. The summed E-state index contributed by atoms with van der Waals surface area (Å²) >= 11 is 0. The van der Waals surface area contributed by atoms with Gasteiger partial charge in [0.05, 0.1) is 28.4 Å². The van der Waals surface area contributed by atoms with Gasteiger partial charge in [-0.25, -0.2) is 0 Å². The van der Waals surface area contributed by atoms with E-state index in [4.69, 9.17) is 18.9 Å². The van der Waals surface area contributed by atoms with Crippen LogP contribution < -0.4 is 14.2 Å². The molecule has 6 nitrogen and oxygen atoms in total. The first-order valence-corrected chi connectivity index (χ1v) is 11.8. The average Bonchev–Trinajstić information content (AvgIpc) is 3.36. The van der Waals surface area contributed by atoms with Crippen molar-refractivity contribution in [2.75, 3.05) is 28.4 Å². The van der Waals surface area contributed by atoms with Crippen molar-refractivity contribution in [2.24, 2.45) is 0 Å². The van der Waals surface area contributed by atoms with E-state index in [0.717, 1.165) is 46.1 Å². The van der Waals surface area contributed by atoms with Crippen molar-refractivity contribution in [3.63, 3.8) is 0 Å². The van der Waals surface area contributed by atoms with Crippen LogP contribution in [0.5, 0.6) is 17.2 Å². The highest BCUT2D eigenvalue weighted by Gasteiger charge is 2.28. The van der Waals surface area contributed by atoms with Gasteiger partial charge in [0, 0.05) is 18.4 Å². The highest BCUT2D eigenvalue weighted by molar-refractivity contribution is 5.82. The summed E-state index contributed by atoms with van der Waals surface area (Å²) in [5.41, 5.74) is 4.95. The zero-order chi connectivity index (χ0) is 25.5. The molecule has 0 N–H and O–H groups in total. The first kappa shape index (κ1) is 24.9. The summed E-state index contributed by atoms with van der Waals surface area (Å²) in [4.78, 5) is 13.1. The molecule has 1 atom stereocenters. The summed E-state index contributed by atoms with van der Waals surface area (Å²) in [6, 6.07) is 25.6. The van der Waals surface area contributed by atoms with E-state index in [0.29, 0.717) is 6.54 Å². The number of aromatic nitrogens is 1. The molecule has 3 aromatic carbocycles. The largest absolute Gasteiger partial charge is 0.497 e. The Labute approximate surface area is 212 Å². The van der Waals surface area contributed by atoms with Crippen LogP contribution in [-0.2, 0) is 22.5 Å². The normalized spacial score (nSPS) is 11.6. The number of carbonyl (C=O) groups is 1. The first-order chi connectivity index (χ1) is 17.6. The molecular weight excluding hydrogens is 454 g/mol. The number of hydrogen-bond donors (Lipinski definition) is 0. The second-order valence-corrected chi connectivity index (χ2v) is 8.40. The Morgan fingerprint density at radius 1 is 0.722 bits per heavy atom. The van der Waals surface area contributed by atoms with Crippen molar-refractivity contribution in [2.45, 2.75) is 18.9 Å². The van der Waals surface area contributed by atoms with E-state index in [9.17, 15) is 4.79 Å². The van der Waals surface area contributed by atoms with Crippen molar-refractivity contribution in [3.05, 3.63) is 102 Å². The van der Waals surface area contributed by atoms with Crippen LogP contribution in [0.3, 0.4) is 0 Å². The summed E-state index contributed by atoms with van der Waals surface area (Å²) in [5, 5.41) is 0. The van der Waals surface area contributed by atoms with Crippen LogP contribution in [0.4, 0.5) is 0 Å². The molecule has 1 unspecified atom stereocenters. The molecular formula is C30H31NO5. The summed E-state index contributed by atoms with van der Waals surface area (Å²) in [7, 11) is 6.36. The van der Waals surface area contributed by atoms with E-state index < -0.39 is 5.92 Å². The van der Waals surface area contributed by atoms with Crippen LogP contribution in [0.15, 0.2) is 85.1 Å². The van der Waals surface area contributed by atoms with E-state index in [1.165, 1.54) is 12.7 Å². The lowest BCUT2D eigenvalue weighted by atomic mass is 9.94. The summed E-state index contributed by atoms with van der Waals surface area (Å²) < 4.78 is 23.3. The summed E-state index contributed by atoms with van der Waals surface area (Å²) in [5.74, 6) is 1.46. The lowest BCUT2D eigenvalue weighted by molar-refractivity contribution is -0.141. The zero-order valence-corrected chi connectivity index (χ0v) is 21.1. The van der Waals surface area contributed by atoms with Gasteiger partial charge in [0.25, 0.3) is 0 Å². The molecule has 0 amide bonds. The fourth-order valence-corrected chi connectivity index (χ4v) is 4.29. The van der Waals surface area contributed by atoms with Crippen molar-refractivity contribution >= 4 is 5.97 Å². The van der Waals surface area contributed by atoms with Gasteiger partial charge in [0.1, 0.15) is 23.2 Å². The molecule has 0 aliphatic rings. The van der Waals surface area contributed by atoms with Gasteiger partial charge in [-0.15, -0.1) is 0 Å². The number of benzene rings is 3. The maximum Gasteiger partial charge on any atom is 0.319 e. The van der Waals surface area contributed by atoms with E-state index >= 15 is 0 Å². The fraction of sp³-hybridized carbons (Fsp3) is 0.233. The van der Waals surface area contributed by atoms with Gasteiger partial charge < -0.3 is 23.5 Å². The van der Waals surface area contributed by atoms with Gasteiger partial charge >= 0.3 is 5.97 Å². The number of carbonyl (C=O) groups excluding carboxylic acids is 1. The monoisotopic (exact) mass is 485 g/mol.